The summed E-state index contributed by atoms with van der Waals surface area (Å²) in [5.41, 5.74) is 6.38. The van der Waals surface area contributed by atoms with E-state index < -0.39 is 0 Å². The van der Waals surface area contributed by atoms with Crippen molar-refractivity contribution in [2.24, 2.45) is 17.1 Å². The molecule has 0 aliphatic carbocycles. The molecule has 0 aromatic rings. The number of rotatable bonds is 2. The highest BCUT2D eigenvalue weighted by Crippen LogP contribution is 2.23. The molecule has 2 unspecified atom stereocenters. The van der Waals surface area contributed by atoms with Crippen LogP contribution >= 0.6 is 0 Å². The van der Waals surface area contributed by atoms with E-state index in [9.17, 15) is 0 Å². The molecule has 1 aliphatic heterocycles. The molecule has 0 aromatic heterocycles. The summed E-state index contributed by atoms with van der Waals surface area (Å²) < 4.78 is 0. The molecule has 1 saturated heterocycles. The highest BCUT2D eigenvalue weighted by molar-refractivity contribution is 4.80. The van der Waals surface area contributed by atoms with Crippen molar-refractivity contribution in [1.29, 1.82) is 0 Å². The van der Waals surface area contributed by atoms with Gasteiger partial charge in [-0.15, -0.1) is 0 Å². The Morgan fingerprint density at radius 1 is 1.43 bits per heavy atom. The van der Waals surface area contributed by atoms with Crippen LogP contribution in [0, 0.1) is 11.3 Å². The molecule has 2 heteroatoms. The van der Waals surface area contributed by atoms with Gasteiger partial charge in [-0.3, -0.25) is 0 Å². The Balaban J connectivity index is 2.40. The van der Waals surface area contributed by atoms with E-state index in [0.717, 1.165) is 0 Å². The highest BCUT2D eigenvalue weighted by Gasteiger charge is 2.25. The molecule has 2 N–H and O–H groups in total. The molecule has 1 heterocycles. The average molecular weight is 198 g/mol. The molecule has 0 saturated carbocycles. The number of likely N-dealkylation sites (tertiary alicyclic amines) is 1. The molecule has 0 spiro atoms. The minimum atomic E-state index is 0.359. The largest absolute Gasteiger partial charge is 0.328 e. The first-order valence-corrected chi connectivity index (χ1v) is 5.86. The third-order valence-corrected chi connectivity index (χ3v) is 2.98. The van der Waals surface area contributed by atoms with E-state index in [4.69, 9.17) is 5.73 Å². The highest BCUT2D eigenvalue weighted by atomic mass is 15.1. The third-order valence-electron chi connectivity index (χ3n) is 2.98. The molecule has 14 heavy (non-hydrogen) atoms. The Hall–Kier alpha value is -0.0800. The minimum absolute atomic E-state index is 0.359. The van der Waals surface area contributed by atoms with Crippen LogP contribution in [0.5, 0.6) is 0 Å². The van der Waals surface area contributed by atoms with Crippen LogP contribution < -0.4 is 5.73 Å². The van der Waals surface area contributed by atoms with Gasteiger partial charge in [-0.1, -0.05) is 20.8 Å². The predicted octanol–water partition coefficient (Wildman–Crippen LogP) is 2.09. The summed E-state index contributed by atoms with van der Waals surface area (Å²) in [5.74, 6) is 0.714. The second-order valence-corrected chi connectivity index (χ2v) is 6.06. The van der Waals surface area contributed by atoms with Crippen LogP contribution in [-0.4, -0.2) is 30.6 Å². The quantitative estimate of drug-likeness (QED) is 0.736. The third kappa shape index (κ3) is 3.97. The summed E-state index contributed by atoms with van der Waals surface area (Å²) in [6, 6.07) is 0.359. The van der Waals surface area contributed by atoms with Gasteiger partial charge >= 0.3 is 0 Å². The van der Waals surface area contributed by atoms with Gasteiger partial charge in [-0.05, 0) is 37.6 Å². The molecule has 0 amide bonds. The van der Waals surface area contributed by atoms with Crippen molar-refractivity contribution in [2.45, 2.75) is 46.6 Å². The standard InChI is InChI=1S/C12H26N2/c1-10(13)11-6-5-7-14(8-11)9-12(2,3)4/h10-11H,5-9,13H2,1-4H3. The lowest BCUT2D eigenvalue weighted by atomic mass is 9.89. The van der Waals surface area contributed by atoms with Crippen LogP contribution in [0.2, 0.25) is 0 Å². The maximum Gasteiger partial charge on any atom is 0.00509 e. The van der Waals surface area contributed by atoms with Crippen molar-refractivity contribution in [3.63, 3.8) is 0 Å². The molecule has 2 atom stereocenters. The topological polar surface area (TPSA) is 29.3 Å². The van der Waals surface area contributed by atoms with Gasteiger partial charge in [0.25, 0.3) is 0 Å². The molecular formula is C12H26N2. The smallest absolute Gasteiger partial charge is 0.00509 e. The second kappa shape index (κ2) is 4.63. The van der Waals surface area contributed by atoms with E-state index in [0.29, 0.717) is 17.4 Å². The van der Waals surface area contributed by atoms with E-state index in [-0.39, 0.29) is 0 Å². The number of nitrogens with zero attached hydrogens (tertiary/aromatic N) is 1. The van der Waals surface area contributed by atoms with E-state index >= 15 is 0 Å². The van der Waals surface area contributed by atoms with E-state index in [2.05, 4.69) is 32.6 Å². The van der Waals surface area contributed by atoms with Crippen LogP contribution in [0.25, 0.3) is 0 Å². The van der Waals surface area contributed by atoms with E-state index in [1.54, 1.807) is 0 Å². The fourth-order valence-electron chi connectivity index (χ4n) is 2.33. The predicted molar refractivity (Wildman–Crippen MR) is 62.3 cm³/mol. The van der Waals surface area contributed by atoms with Gasteiger partial charge in [0.05, 0.1) is 0 Å². The van der Waals surface area contributed by atoms with Crippen molar-refractivity contribution in [1.82, 2.24) is 4.90 Å². The number of hydrogen-bond donors (Lipinski definition) is 1. The zero-order valence-electron chi connectivity index (χ0n) is 10.2. The van der Waals surface area contributed by atoms with Crippen molar-refractivity contribution >= 4 is 0 Å². The number of piperidine rings is 1. The van der Waals surface area contributed by atoms with Crippen LogP contribution in [0.15, 0.2) is 0 Å². The summed E-state index contributed by atoms with van der Waals surface area (Å²) in [7, 11) is 0. The van der Waals surface area contributed by atoms with Gasteiger partial charge < -0.3 is 10.6 Å². The molecule has 0 aromatic carbocycles. The Morgan fingerprint density at radius 3 is 2.57 bits per heavy atom. The maximum absolute atomic E-state index is 5.97. The van der Waals surface area contributed by atoms with Gasteiger partial charge in [0.2, 0.25) is 0 Å². The maximum atomic E-state index is 5.97. The molecular weight excluding hydrogens is 172 g/mol. The monoisotopic (exact) mass is 198 g/mol. The van der Waals surface area contributed by atoms with Gasteiger partial charge in [-0.2, -0.15) is 0 Å². The van der Waals surface area contributed by atoms with Crippen molar-refractivity contribution < 1.29 is 0 Å². The first-order valence-electron chi connectivity index (χ1n) is 5.86. The Bertz CT molecular complexity index is 170. The second-order valence-electron chi connectivity index (χ2n) is 6.06. The Labute approximate surface area is 88.8 Å². The van der Waals surface area contributed by atoms with Crippen molar-refractivity contribution in [3.8, 4) is 0 Å². The molecule has 1 aliphatic rings. The molecule has 84 valence electrons. The molecule has 0 radical (unpaired) electrons. The van der Waals surface area contributed by atoms with Crippen LogP contribution in [0.4, 0.5) is 0 Å². The van der Waals surface area contributed by atoms with Crippen LogP contribution in [0.3, 0.4) is 0 Å². The fourth-order valence-corrected chi connectivity index (χ4v) is 2.33. The van der Waals surface area contributed by atoms with E-state index in [1.165, 1.54) is 32.5 Å². The molecule has 0 bridgehead atoms. The van der Waals surface area contributed by atoms with Crippen LogP contribution in [-0.2, 0) is 0 Å². The summed E-state index contributed by atoms with van der Waals surface area (Å²) in [4.78, 5) is 2.58. The normalized spacial score (nSPS) is 27.6. The number of nitrogens with two attached hydrogens (primary N) is 1. The SMILES string of the molecule is CC(N)C1CCCN(CC(C)(C)C)C1. The van der Waals surface area contributed by atoms with Gasteiger partial charge in [-0.25, -0.2) is 0 Å². The molecule has 2 nitrogen and oxygen atoms in total. The lowest BCUT2D eigenvalue weighted by molar-refractivity contribution is 0.119. The zero-order chi connectivity index (χ0) is 10.8. The fraction of sp³-hybridized carbons (Fsp3) is 1.00. The van der Waals surface area contributed by atoms with Crippen molar-refractivity contribution in [3.05, 3.63) is 0 Å². The van der Waals surface area contributed by atoms with Gasteiger partial charge in [0.15, 0.2) is 0 Å². The van der Waals surface area contributed by atoms with E-state index in [1.807, 2.05) is 0 Å². The average Bonchev–Trinajstić information content (AvgIpc) is 2.01. The van der Waals surface area contributed by atoms with Gasteiger partial charge in [0, 0.05) is 19.1 Å². The minimum Gasteiger partial charge on any atom is -0.328 e. The summed E-state index contributed by atoms with van der Waals surface area (Å²) >= 11 is 0. The van der Waals surface area contributed by atoms with Crippen molar-refractivity contribution in [2.75, 3.05) is 19.6 Å². The Morgan fingerprint density at radius 2 is 2.07 bits per heavy atom. The van der Waals surface area contributed by atoms with Gasteiger partial charge in [0.1, 0.15) is 0 Å². The molecule has 1 fully saturated rings. The summed E-state index contributed by atoms with van der Waals surface area (Å²) in [6.45, 7) is 12.7. The first kappa shape index (κ1) is 12.0. The lowest BCUT2D eigenvalue weighted by Gasteiger charge is -2.38. The first-order chi connectivity index (χ1) is 6.38. The Kier molecular flexibility index (Phi) is 3.96. The lowest BCUT2D eigenvalue weighted by Crippen LogP contribution is -2.45. The molecule has 1 rings (SSSR count). The summed E-state index contributed by atoms with van der Waals surface area (Å²) in [6.07, 6.45) is 2.64. The zero-order valence-corrected chi connectivity index (χ0v) is 10.2. The summed E-state index contributed by atoms with van der Waals surface area (Å²) in [5, 5.41) is 0. The number of hydrogen-bond acceptors (Lipinski definition) is 2. The van der Waals surface area contributed by atoms with Crippen LogP contribution in [0.1, 0.15) is 40.5 Å².